The van der Waals surface area contributed by atoms with Crippen molar-refractivity contribution in [3.05, 3.63) is 23.0 Å². The van der Waals surface area contributed by atoms with Gasteiger partial charge in [-0.15, -0.1) is 10.2 Å². The number of esters is 2. The number of ether oxygens (including phenoxy) is 2. The van der Waals surface area contributed by atoms with Crippen molar-refractivity contribution in [2.75, 3.05) is 14.2 Å². The molecule has 96 valence electrons. The zero-order valence-electron chi connectivity index (χ0n) is 10.0. The van der Waals surface area contributed by atoms with Gasteiger partial charge in [0.2, 0.25) is 0 Å². The highest BCUT2D eigenvalue weighted by Crippen LogP contribution is 2.11. The normalized spacial score (nSPS) is 9.67. The second-order valence-corrected chi connectivity index (χ2v) is 3.29. The van der Waals surface area contributed by atoms with E-state index in [1.807, 2.05) is 0 Å². The molecule has 0 aliphatic heterocycles. The van der Waals surface area contributed by atoms with E-state index in [-0.39, 0.29) is 24.2 Å². The second-order valence-electron chi connectivity index (χ2n) is 3.29. The molecule has 0 N–H and O–H groups in total. The lowest BCUT2D eigenvalue weighted by atomic mass is 10.1. The van der Waals surface area contributed by atoms with Crippen molar-refractivity contribution in [1.29, 1.82) is 0 Å². The van der Waals surface area contributed by atoms with E-state index < -0.39 is 11.9 Å². The zero-order valence-corrected chi connectivity index (χ0v) is 10.0. The van der Waals surface area contributed by atoms with E-state index in [2.05, 4.69) is 19.7 Å². The molecule has 0 aliphatic carbocycles. The molecule has 1 heterocycles. The van der Waals surface area contributed by atoms with Crippen molar-refractivity contribution < 1.29 is 23.9 Å². The highest BCUT2D eigenvalue weighted by Gasteiger charge is 2.18. The van der Waals surface area contributed by atoms with Gasteiger partial charge in [0.05, 0.1) is 14.2 Å². The molecule has 0 radical (unpaired) electrons. The summed E-state index contributed by atoms with van der Waals surface area (Å²) in [7, 11) is 2.42. The minimum atomic E-state index is -0.667. The summed E-state index contributed by atoms with van der Waals surface area (Å²) in [4.78, 5) is 33.1. The molecule has 0 saturated carbocycles. The van der Waals surface area contributed by atoms with Gasteiger partial charge in [0.1, 0.15) is 6.29 Å². The van der Waals surface area contributed by atoms with Crippen molar-refractivity contribution in [1.82, 2.24) is 10.2 Å². The average Bonchev–Trinajstić information content (AvgIpc) is 2.42. The molecule has 1 rings (SSSR count). The van der Waals surface area contributed by atoms with Crippen molar-refractivity contribution in [3.63, 3.8) is 0 Å². The predicted molar refractivity (Wildman–Crippen MR) is 59.1 cm³/mol. The summed E-state index contributed by atoms with van der Waals surface area (Å²) in [6.07, 6.45) is 1.18. The van der Waals surface area contributed by atoms with Crippen molar-refractivity contribution in [3.8, 4) is 0 Å². The molecule has 7 heteroatoms. The minimum Gasteiger partial charge on any atom is -0.464 e. The molecule has 1 aromatic heterocycles. The van der Waals surface area contributed by atoms with E-state index in [9.17, 15) is 14.4 Å². The maximum absolute atomic E-state index is 11.4. The molecule has 0 aliphatic rings. The molecule has 0 bridgehead atoms. The Morgan fingerprint density at radius 2 is 1.89 bits per heavy atom. The molecule has 0 saturated heterocycles. The molecule has 18 heavy (non-hydrogen) atoms. The van der Waals surface area contributed by atoms with Crippen LogP contribution in [0.4, 0.5) is 0 Å². The van der Waals surface area contributed by atoms with Crippen LogP contribution in [-0.2, 0) is 20.7 Å². The van der Waals surface area contributed by atoms with Gasteiger partial charge in [0.15, 0.2) is 11.4 Å². The van der Waals surface area contributed by atoms with Crippen LogP contribution < -0.4 is 0 Å². The Labute approximate surface area is 103 Å². The predicted octanol–water partition coefficient (Wildman–Crippen LogP) is 0.181. The van der Waals surface area contributed by atoms with Crippen LogP contribution in [0.1, 0.15) is 33.0 Å². The fourth-order valence-corrected chi connectivity index (χ4v) is 1.31. The Kier molecular flexibility index (Phi) is 4.91. The SMILES string of the molecule is COC(=O)c1cc(CCC=O)c(C(=O)OC)nn1. The van der Waals surface area contributed by atoms with Gasteiger partial charge in [-0.05, 0) is 18.1 Å². The number of aldehydes is 1. The minimum absolute atomic E-state index is 0.00740. The summed E-state index contributed by atoms with van der Waals surface area (Å²) in [5, 5.41) is 7.20. The number of methoxy groups -OCH3 is 2. The lowest BCUT2D eigenvalue weighted by Gasteiger charge is -2.06. The Morgan fingerprint density at radius 3 is 2.44 bits per heavy atom. The third kappa shape index (κ3) is 3.09. The molecular formula is C11H12N2O5. The van der Waals surface area contributed by atoms with Crippen LogP contribution in [0.2, 0.25) is 0 Å². The van der Waals surface area contributed by atoms with Crippen molar-refractivity contribution in [2.45, 2.75) is 12.8 Å². The summed E-state index contributed by atoms with van der Waals surface area (Å²) in [6, 6.07) is 1.37. The summed E-state index contributed by atoms with van der Waals surface area (Å²) in [5.74, 6) is -1.33. The standard InChI is InChI=1S/C11H12N2O5/c1-17-10(15)8-6-7(4-3-5-14)9(13-12-8)11(16)18-2/h5-6H,3-4H2,1-2H3. The van der Waals surface area contributed by atoms with E-state index >= 15 is 0 Å². The van der Waals surface area contributed by atoms with Gasteiger partial charge in [0.25, 0.3) is 0 Å². The van der Waals surface area contributed by atoms with E-state index in [1.165, 1.54) is 20.3 Å². The van der Waals surface area contributed by atoms with Crippen LogP contribution in [0.25, 0.3) is 0 Å². The summed E-state index contributed by atoms with van der Waals surface area (Å²) < 4.78 is 9.03. The van der Waals surface area contributed by atoms with Crippen LogP contribution >= 0.6 is 0 Å². The van der Waals surface area contributed by atoms with E-state index in [0.29, 0.717) is 11.8 Å². The van der Waals surface area contributed by atoms with Crippen LogP contribution in [0, 0.1) is 0 Å². The number of carbonyl (C=O) groups excluding carboxylic acids is 3. The fraction of sp³-hybridized carbons (Fsp3) is 0.364. The largest absolute Gasteiger partial charge is 0.464 e. The molecule has 1 aromatic rings. The monoisotopic (exact) mass is 252 g/mol. The second kappa shape index (κ2) is 6.43. The third-order valence-electron chi connectivity index (χ3n) is 2.18. The number of aryl methyl sites for hydroxylation is 1. The van der Waals surface area contributed by atoms with Gasteiger partial charge in [-0.2, -0.15) is 0 Å². The first-order valence-electron chi connectivity index (χ1n) is 5.11. The Balaban J connectivity index is 3.15. The van der Waals surface area contributed by atoms with Gasteiger partial charge in [-0.1, -0.05) is 0 Å². The molecule has 0 fully saturated rings. The highest BCUT2D eigenvalue weighted by molar-refractivity contribution is 5.91. The maximum Gasteiger partial charge on any atom is 0.358 e. The number of hydrogen-bond donors (Lipinski definition) is 0. The molecule has 0 spiro atoms. The van der Waals surface area contributed by atoms with Gasteiger partial charge in [0, 0.05) is 6.42 Å². The zero-order chi connectivity index (χ0) is 13.5. The first kappa shape index (κ1) is 13.8. The van der Waals surface area contributed by atoms with Crippen molar-refractivity contribution in [2.24, 2.45) is 0 Å². The Hall–Kier alpha value is -2.31. The number of nitrogens with zero attached hydrogens (tertiary/aromatic N) is 2. The van der Waals surface area contributed by atoms with Gasteiger partial charge < -0.3 is 14.3 Å². The lowest BCUT2D eigenvalue weighted by Crippen LogP contribution is -2.14. The molecule has 0 amide bonds. The van der Waals surface area contributed by atoms with Gasteiger partial charge >= 0.3 is 11.9 Å². The molecule has 7 nitrogen and oxygen atoms in total. The highest BCUT2D eigenvalue weighted by atomic mass is 16.5. The van der Waals surface area contributed by atoms with Crippen LogP contribution in [0.15, 0.2) is 6.07 Å². The van der Waals surface area contributed by atoms with Crippen molar-refractivity contribution >= 4 is 18.2 Å². The van der Waals surface area contributed by atoms with Crippen LogP contribution in [-0.4, -0.2) is 42.6 Å². The Morgan fingerprint density at radius 1 is 1.22 bits per heavy atom. The van der Waals surface area contributed by atoms with Crippen LogP contribution in [0.3, 0.4) is 0 Å². The lowest BCUT2D eigenvalue weighted by molar-refractivity contribution is -0.107. The number of rotatable bonds is 5. The molecular weight excluding hydrogens is 240 g/mol. The van der Waals surface area contributed by atoms with Gasteiger partial charge in [-0.25, -0.2) is 9.59 Å². The fourth-order valence-electron chi connectivity index (χ4n) is 1.31. The van der Waals surface area contributed by atoms with E-state index in [4.69, 9.17) is 0 Å². The number of hydrogen-bond acceptors (Lipinski definition) is 7. The summed E-state index contributed by atoms with van der Waals surface area (Å²) >= 11 is 0. The topological polar surface area (TPSA) is 95.5 Å². The third-order valence-corrected chi connectivity index (χ3v) is 2.18. The number of aromatic nitrogens is 2. The molecule has 0 aromatic carbocycles. The van der Waals surface area contributed by atoms with E-state index in [1.54, 1.807) is 0 Å². The molecule has 0 atom stereocenters. The summed E-state index contributed by atoms with van der Waals surface area (Å²) in [5.41, 5.74) is 0.391. The Bertz CT molecular complexity index is 473. The van der Waals surface area contributed by atoms with Gasteiger partial charge in [-0.3, -0.25) is 0 Å². The molecule has 0 unspecified atom stereocenters. The first-order valence-corrected chi connectivity index (χ1v) is 5.11. The number of carbonyl (C=O) groups is 3. The maximum atomic E-state index is 11.4. The van der Waals surface area contributed by atoms with E-state index in [0.717, 1.165) is 0 Å². The van der Waals surface area contributed by atoms with Crippen LogP contribution in [0.5, 0.6) is 0 Å². The average molecular weight is 252 g/mol. The first-order chi connectivity index (χ1) is 8.63. The smallest absolute Gasteiger partial charge is 0.358 e. The quantitative estimate of drug-likeness (QED) is 0.544. The summed E-state index contributed by atoms with van der Waals surface area (Å²) in [6.45, 7) is 0.